The number of thiophene rings is 1. The van der Waals surface area contributed by atoms with E-state index < -0.39 is 0 Å². The first-order chi connectivity index (χ1) is 11.0. The zero-order chi connectivity index (χ0) is 16.6. The number of esters is 1. The standard InChI is InChI=1S/C15H16BrN3O3S/c1-3-22-13(21)7-19-15-14(8(2)18-19)9(6-12(20)17-15)10-4-5-11(16)23-10/h4-5,9H,3,6-7H2,1-2H3,(H,17,20)/t9-/m0/s1. The SMILES string of the molecule is CCOC(=O)Cn1nc(C)c2c1NC(=O)C[C@H]2c1ccc(Br)s1. The van der Waals surface area contributed by atoms with E-state index in [1.165, 1.54) is 4.68 Å². The molecule has 8 heteroatoms. The summed E-state index contributed by atoms with van der Waals surface area (Å²) in [7, 11) is 0. The van der Waals surface area contributed by atoms with Crippen LogP contribution in [0.4, 0.5) is 5.82 Å². The summed E-state index contributed by atoms with van der Waals surface area (Å²) in [5.41, 5.74) is 1.79. The molecule has 1 aliphatic heterocycles. The Balaban J connectivity index is 2.00. The molecule has 6 nitrogen and oxygen atoms in total. The van der Waals surface area contributed by atoms with E-state index in [1.807, 2.05) is 19.1 Å². The second kappa shape index (κ2) is 6.45. The maximum Gasteiger partial charge on any atom is 0.327 e. The van der Waals surface area contributed by atoms with Crippen molar-refractivity contribution in [3.05, 3.63) is 32.1 Å². The number of rotatable bonds is 4. The van der Waals surface area contributed by atoms with Crippen molar-refractivity contribution in [2.45, 2.75) is 32.7 Å². The largest absolute Gasteiger partial charge is 0.465 e. The number of anilines is 1. The molecule has 0 aromatic carbocycles. The van der Waals surface area contributed by atoms with Crippen LogP contribution in [0.3, 0.4) is 0 Å². The van der Waals surface area contributed by atoms with E-state index in [0.717, 1.165) is 19.9 Å². The summed E-state index contributed by atoms with van der Waals surface area (Å²) in [6, 6.07) is 3.99. The van der Waals surface area contributed by atoms with E-state index in [1.54, 1.807) is 18.3 Å². The van der Waals surface area contributed by atoms with E-state index in [-0.39, 0.29) is 24.3 Å². The topological polar surface area (TPSA) is 73.2 Å². The van der Waals surface area contributed by atoms with Gasteiger partial charge in [0.2, 0.25) is 5.91 Å². The molecule has 1 N–H and O–H groups in total. The summed E-state index contributed by atoms with van der Waals surface area (Å²) in [5.74, 6) is 0.123. The van der Waals surface area contributed by atoms with Gasteiger partial charge in [-0.15, -0.1) is 11.3 Å². The van der Waals surface area contributed by atoms with Crippen LogP contribution in [0.2, 0.25) is 0 Å². The van der Waals surface area contributed by atoms with E-state index in [4.69, 9.17) is 4.74 Å². The van der Waals surface area contributed by atoms with Crippen molar-refractivity contribution in [3.8, 4) is 0 Å². The quantitative estimate of drug-likeness (QED) is 0.804. The first-order valence-electron chi connectivity index (χ1n) is 7.27. The minimum atomic E-state index is -0.368. The van der Waals surface area contributed by atoms with Gasteiger partial charge in [0.05, 0.1) is 16.1 Å². The fraction of sp³-hybridized carbons (Fsp3) is 0.400. The Labute approximate surface area is 146 Å². The third-order valence-corrected chi connectivity index (χ3v) is 5.43. The highest BCUT2D eigenvalue weighted by Gasteiger charge is 2.33. The van der Waals surface area contributed by atoms with Crippen molar-refractivity contribution in [2.75, 3.05) is 11.9 Å². The molecule has 23 heavy (non-hydrogen) atoms. The second-order valence-corrected chi connectivity index (χ2v) is 7.75. The molecule has 0 spiro atoms. The molecule has 0 fully saturated rings. The van der Waals surface area contributed by atoms with Gasteiger partial charge in [-0.3, -0.25) is 9.59 Å². The van der Waals surface area contributed by atoms with Crippen LogP contribution < -0.4 is 5.32 Å². The number of aryl methyl sites for hydroxylation is 1. The van der Waals surface area contributed by atoms with Gasteiger partial charge in [-0.05, 0) is 41.9 Å². The first-order valence-corrected chi connectivity index (χ1v) is 8.88. The molecule has 2 aromatic rings. The number of fused-ring (bicyclic) bond motifs is 1. The molecule has 0 bridgehead atoms. The number of ether oxygens (including phenoxy) is 1. The Kier molecular flexibility index (Phi) is 4.54. The molecule has 0 aliphatic carbocycles. The van der Waals surface area contributed by atoms with Crippen molar-refractivity contribution in [3.63, 3.8) is 0 Å². The number of nitrogens with one attached hydrogen (secondary N) is 1. The van der Waals surface area contributed by atoms with Crippen LogP contribution in [-0.2, 0) is 20.9 Å². The lowest BCUT2D eigenvalue weighted by atomic mass is 9.91. The molecule has 0 saturated heterocycles. The first kappa shape index (κ1) is 16.2. The lowest BCUT2D eigenvalue weighted by Crippen LogP contribution is -2.26. The summed E-state index contributed by atoms with van der Waals surface area (Å²) in [6.45, 7) is 3.96. The third-order valence-electron chi connectivity index (χ3n) is 3.69. The van der Waals surface area contributed by atoms with Gasteiger partial charge in [0.25, 0.3) is 0 Å². The van der Waals surface area contributed by atoms with Gasteiger partial charge < -0.3 is 10.1 Å². The average molecular weight is 398 g/mol. The molecule has 1 atom stereocenters. The maximum absolute atomic E-state index is 12.1. The maximum atomic E-state index is 12.1. The van der Waals surface area contributed by atoms with Gasteiger partial charge in [0.15, 0.2) is 0 Å². The number of hydrogen-bond acceptors (Lipinski definition) is 5. The highest BCUT2D eigenvalue weighted by molar-refractivity contribution is 9.11. The van der Waals surface area contributed by atoms with Crippen molar-refractivity contribution in [1.29, 1.82) is 0 Å². The smallest absolute Gasteiger partial charge is 0.327 e. The summed E-state index contributed by atoms with van der Waals surface area (Å²) in [4.78, 5) is 25.0. The summed E-state index contributed by atoms with van der Waals surface area (Å²) in [6.07, 6.45) is 0.381. The van der Waals surface area contributed by atoms with E-state index in [0.29, 0.717) is 18.8 Å². The van der Waals surface area contributed by atoms with Gasteiger partial charge in [-0.2, -0.15) is 5.10 Å². The molecule has 1 aliphatic rings. The fourth-order valence-corrected chi connectivity index (χ4v) is 4.35. The molecule has 0 radical (unpaired) electrons. The highest BCUT2D eigenvalue weighted by atomic mass is 79.9. The molecular formula is C15H16BrN3O3S. The number of carbonyl (C=O) groups is 2. The second-order valence-electron chi connectivity index (χ2n) is 5.26. The monoisotopic (exact) mass is 397 g/mol. The third kappa shape index (κ3) is 3.18. The summed E-state index contributed by atoms with van der Waals surface area (Å²) in [5, 5.41) is 7.28. The van der Waals surface area contributed by atoms with Crippen molar-refractivity contribution in [2.24, 2.45) is 0 Å². The minimum absolute atomic E-state index is 0.00878. The number of nitrogens with zero attached hydrogens (tertiary/aromatic N) is 2. The van der Waals surface area contributed by atoms with Crippen molar-refractivity contribution in [1.82, 2.24) is 9.78 Å². The Hall–Kier alpha value is -1.67. The van der Waals surface area contributed by atoms with Gasteiger partial charge in [-0.1, -0.05) is 0 Å². The van der Waals surface area contributed by atoms with Gasteiger partial charge >= 0.3 is 5.97 Å². The number of amides is 1. The molecular weight excluding hydrogens is 382 g/mol. The summed E-state index contributed by atoms with van der Waals surface area (Å²) >= 11 is 5.07. The fourth-order valence-electron chi connectivity index (χ4n) is 2.82. The number of hydrogen-bond donors (Lipinski definition) is 1. The van der Waals surface area contributed by atoms with Crippen LogP contribution in [-0.4, -0.2) is 28.3 Å². The zero-order valence-electron chi connectivity index (χ0n) is 12.8. The van der Waals surface area contributed by atoms with Crippen LogP contribution in [0.1, 0.15) is 35.4 Å². The lowest BCUT2D eigenvalue weighted by molar-refractivity contribution is -0.144. The number of halogens is 1. The average Bonchev–Trinajstić information content (AvgIpc) is 3.03. The molecule has 3 heterocycles. The van der Waals surface area contributed by atoms with E-state index in [2.05, 4.69) is 26.3 Å². The van der Waals surface area contributed by atoms with Crippen molar-refractivity contribution >= 4 is 45.0 Å². The van der Waals surface area contributed by atoms with Crippen LogP contribution in [0, 0.1) is 6.92 Å². The van der Waals surface area contributed by atoms with Gasteiger partial charge in [-0.25, -0.2) is 4.68 Å². The lowest BCUT2D eigenvalue weighted by Gasteiger charge is -2.23. The van der Waals surface area contributed by atoms with Crippen LogP contribution in [0.15, 0.2) is 15.9 Å². The minimum Gasteiger partial charge on any atom is -0.465 e. The van der Waals surface area contributed by atoms with Gasteiger partial charge in [0.1, 0.15) is 12.4 Å². The van der Waals surface area contributed by atoms with E-state index >= 15 is 0 Å². The normalized spacial score (nSPS) is 16.8. The molecule has 2 aromatic heterocycles. The van der Waals surface area contributed by atoms with Crippen LogP contribution in [0.5, 0.6) is 0 Å². The van der Waals surface area contributed by atoms with E-state index in [9.17, 15) is 9.59 Å². The van der Waals surface area contributed by atoms with Crippen molar-refractivity contribution < 1.29 is 14.3 Å². The van der Waals surface area contributed by atoms with Crippen LogP contribution >= 0.6 is 27.3 Å². The Morgan fingerprint density at radius 1 is 1.57 bits per heavy atom. The molecule has 122 valence electrons. The number of carbonyl (C=O) groups excluding carboxylic acids is 2. The predicted octanol–water partition coefficient (Wildman–Crippen LogP) is 3.05. The molecule has 0 saturated carbocycles. The zero-order valence-corrected chi connectivity index (χ0v) is 15.2. The summed E-state index contributed by atoms with van der Waals surface area (Å²) < 4.78 is 7.52. The molecule has 1 amide bonds. The predicted molar refractivity (Wildman–Crippen MR) is 90.7 cm³/mol. The van der Waals surface area contributed by atoms with Gasteiger partial charge in [0, 0.05) is 22.8 Å². The Morgan fingerprint density at radius 3 is 3.00 bits per heavy atom. The molecule has 0 unspecified atom stereocenters. The van der Waals surface area contributed by atoms with Crippen LogP contribution in [0.25, 0.3) is 0 Å². The Bertz CT molecular complexity index is 768. The molecule has 3 rings (SSSR count). The number of aromatic nitrogens is 2. The highest BCUT2D eigenvalue weighted by Crippen LogP contribution is 2.42. The Morgan fingerprint density at radius 2 is 2.35 bits per heavy atom.